The van der Waals surface area contributed by atoms with Gasteiger partial charge in [0, 0.05) is 12.1 Å². The summed E-state index contributed by atoms with van der Waals surface area (Å²) in [6.45, 7) is 6.87. The molecule has 1 saturated heterocycles. The minimum absolute atomic E-state index is 0.126. The van der Waals surface area contributed by atoms with Crippen molar-refractivity contribution in [3.8, 4) is 5.75 Å². The fraction of sp³-hybridized carbons (Fsp3) is 0.304. The number of nitrogens with zero attached hydrogens (tertiary/aromatic N) is 1. The summed E-state index contributed by atoms with van der Waals surface area (Å²) in [7, 11) is 0. The van der Waals surface area contributed by atoms with Gasteiger partial charge >= 0.3 is 0 Å². The van der Waals surface area contributed by atoms with Crippen LogP contribution in [0.15, 0.2) is 60.2 Å². The van der Waals surface area contributed by atoms with Crippen LogP contribution in [-0.2, 0) is 9.59 Å². The maximum absolute atomic E-state index is 12.8. The average Bonchev–Trinajstić information content (AvgIpc) is 2.93. The number of likely N-dealkylation sites (tertiary alicyclic amines) is 1. The Morgan fingerprint density at radius 3 is 2.29 bits per heavy atom. The normalized spacial score (nSPS) is 18.7. The van der Waals surface area contributed by atoms with E-state index >= 15 is 0 Å². The number of amides is 1. The number of aliphatic hydroxyl groups is 1. The molecule has 1 heterocycles. The van der Waals surface area contributed by atoms with E-state index in [1.54, 1.807) is 29.2 Å². The van der Waals surface area contributed by atoms with Crippen LogP contribution in [0.25, 0.3) is 5.76 Å². The topological polar surface area (TPSA) is 66.8 Å². The second-order valence-electron chi connectivity index (χ2n) is 7.21. The highest BCUT2D eigenvalue weighted by Gasteiger charge is 2.46. The number of carbonyl (C=O) groups is 2. The Hall–Kier alpha value is -3.08. The summed E-state index contributed by atoms with van der Waals surface area (Å²) in [5.41, 5.74) is 1.41. The zero-order chi connectivity index (χ0) is 20.3. The molecule has 1 aliphatic rings. The van der Waals surface area contributed by atoms with Crippen LogP contribution in [-0.4, -0.2) is 34.8 Å². The van der Waals surface area contributed by atoms with E-state index in [1.807, 2.05) is 51.1 Å². The van der Waals surface area contributed by atoms with Gasteiger partial charge in [0.1, 0.15) is 11.5 Å². The Labute approximate surface area is 165 Å². The van der Waals surface area contributed by atoms with E-state index in [0.29, 0.717) is 18.7 Å². The molecule has 1 atom stereocenters. The summed E-state index contributed by atoms with van der Waals surface area (Å²) >= 11 is 0. The van der Waals surface area contributed by atoms with E-state index in [4.69, 9.17) is 4.74 Å². The average molecular weight is 379 g/mol. The lowest BCUT2D eigenvalue weighted by Crippen LogP contribution is -2.33. The first-order valence-corrected chi connectivity index (χ1v) is 9.50. The van der Waals surface area contributed by atoms with Gasteiger partial charge in [-0.1, -0.05) is 56.3 Å². The molecule has 5 nitrogen and oxygen atoms in total. The van der Waals surface area contributed by atoms with Gasteiger partial charge in [-0.25, -0.2) is 0 Å². The molecule has 5 heteroatoms. The molecule has 0 spiro atoms. The third-order valence-electron chi connectivity index (χ3n) is 4.66. The van der Waals surface area contributed by atoms with Gasteiger partial charge in [0.25, 0.3) is 11.7 Å². The maximum Gasteiger partial charge on any atom is 0.295 e. The molecule has 0 radical (unpaired) electrons. The summed E-state index contributed by atoms with van der Waals surface area (Å²) in [6.07, 6.45) is 0. The molecule has 0 aromatic heterocycles. The van der Waals surface area contributed by atoms with Crippen LogP contribution in [0, 0.1) is 5.92 Å². The van der Waals surface area contributed by atoms with Crippen molar-refractivity contribution in [3.05, 3.63) is 71.3 Å². The molecule has 0 aliphatic carbocycles. The van der Waals surface area contributed by atoms with Crippen LogP contribution >= 0.6 is 0 Å². The van der Waals surface area contributed by atoms with Crippen molar-refractivity contribution in [1.29, 1.82) is 0 Å². The zero-order valence-electron chi connectivity index (χ0n) is 16.4. The van der Waals surface area contributed by atoms with Gasteiger partial charge in [0.2, 0.25) is 0 Å². The first-order chi connectivity index (χ1) is 13.4. The van der Waals surface area contributed by atoms with Crippen LogP contribution in [0.3, 0.4) is 0 Å². The molecule has 28 heavy (non-hydrogen) atoms. The Bertz CT molecular complexity index is 885. The molecule has 1 aliphatic heterocycles. The molecular weight excluding hydrogens is 354 g/mol. The molecule has 2 aromatic rings. The predicted octanol–water partition coefficient (Wildman–Crippen LogP) is 4.16. The molecule has 2 aromatic carbocycles. The van der Waals surface area contributed by atoms with Crippen molar-refractivity contribution in [2.24, 2.45) is 5.92 Å². The third-order valence-corrected chi connectivity index (χ3v) is 4.66. The van der Waals surface area contributed by atoms with E-state index in [1.165, 1.54) is 0 Å². The van der Waals surface area contributed by atoms with E-state index in [0.717, 1.165) is 11.3 Å². The number of carbonyl (C=O) groups excluding carboxylic acids is 2. The van der Waals surface area contributed by atoms with Gasteiger partial charge in [-0.3, -0.25) is 9.59 Å². The van der Waals surface area contributed by atoms with Gasteiger partial charge in [-0.2, -0.15) is 0 Å². The van der Waals surface area contributed by atoms with Crippen LogP contribution < -0.4 is 4.74 Å². The smallest absolute Gasteiger partial charge is 0.295 e. The third kappa shape index (κ3) is 3.79. The van der Waals surface area contributed by atoms with E-state index in [-0.39, 0.29) is 17.3 Å². The Balaban J connectivity index is 2.12. The molecule has 3 rings (SSSR count). The molecule has 1 N–H and O–H groups in total. The minimum Gasteiger partial charge on any atom is -0.507 e. The largest absolute Gasteiger partial charge is 0.507 e. The van der Waals surface area contributed by atoms with Crippen molar-refractivity contribution in [2.75, 3.05) is 13.2 Å². The predicted molar refractivity (Wildman–Crippen MR) is 108 cm³/mol. The number of ketones is 1. The van der Waals surface area contributed by atoms with E-state index in [2.05, 4.69) is 0 Å². The summed E-state index contributed by atoms with van der Waals surface area (Å²) in [5.74, 6) is -0.481. The minimum atomic E-state index is -0.652. The maximum atomic E-state index is 12.8. The second-order valence-corrected chi connectivity index (χ2v) is 7.21. The lowest BCUT2D eigenvalue weighted by Gasteiger charge is -2.27. The Morgan fingerprint density at radius 2 is 1.71 bits per heavy atom. The number of aliphatic hydroxyl groups excluding tert-OH is 1. The fourth-order valence-corrected chi connectivity index (χ4v) is 3.47. The van der Waals surface area contributed by atoms with Gasteiger partial charge in [-0.05, 0) is 30.5 Å². The van der Waals surface area contributed by atoms with Crippen molar-refractivity contribution in [3.63, 3.8) is 0 Å². The highest BCUT2D eigenvalue weighted by Crippen LogP contribution is 2.40. The molecular formula is C23H25NO4. The first-order valence-electron chi connectivity index (χ1n) is 9.50. The second kappa shape index (κ2) is 8.30. The van der Waals surface area contributed by atoms with Crippen molar-refractivity contribution >= 4 is 17.4 Å². The van der Waals surface area contributed by atoms with Crippen molar-refractivity contribution in [2.45, 2.75) is 26.8 Å². The molecule has 146 valence electrons. The number of hydrogen-bond acceptors (Lipinski definition) is 4. The van der Waals surface area contributed by atoms with Gasteiger partial charge in [0.15, 0.2) is 0 Å². The SMILES string of the molecule is CCOc1ccc([C@H]2C(=C(O)c3ccccc3)C(=O)C(=O)N2CC(C)C)cc1. The number of ether oxygens (including phenoxy) is 1. The van der Waals surface area contributed by atoms with E-state index in [9.17, 15) is 14.7 Å². The molecule has 0 saturated carbocycles. The number of hydrogen-bond donors (Lipinski definition) is 1. The summed E-state index contributed by atoms with van der Waals surface area (Å²) < 4.78 is 5.49. The Morgan fingerprint density at radius 1 is 1.07 bits per heavy atom. The highest BCUT2D eigenvalue weighted by molar-refractivity contribution is 6.46. The molecule has 0 bridgehead atoms. The standard InChI is InChI=1S/C23H25NO4/c1-4-28-18-12-10-16(11-13-18)20-19(21(25)17-8-6-5-7-9-17)22(26)23(27)24(20)14-15(2)3/h5-13,15,20,25H,4,14H2,1-3H3/t20-/m0/s1. The van der Waals surface area contributed by atoms with Crippen LogP contribution in [0.5, 0.6) is 5.75 Å². The van der Waals surface area contributed by atoms with Gasteiger partial charge in [-0.15, -0.1) is 0 Å². The summed E-state index contributed by atoms with van der Waals surface area (Å²) in [4.78, 5) is 27.1. The zero-order valence-corrected chi connectivity index (χ0v) is 16.4. The molecule has 1 fully saturated rings. The lowest BCUT2D eigenvalue weighted by atomic mass is 9.95. The number of benzene rings is 2. The molecule has 1 amide bonds. The molecule has 0 unspecified atom stereocenters. The fourth-order valence-electron chi connectivity index (χ4n) is 3.47. The van der Waals surface area contributed by atoms with Crippen LogP contribution in [0.1, 0.15) is 37.9 Å². The monoisotopic (exact) mass is 379 g/mol. The Kier molecular flexibility index (Phi) is 5.83. The highest BCUT2D eigenvalue weighted by atomic mass is 16.5. The van der Waals surface area contributed by atoms with Crippen LogP contribution in [0.2, 0.25) is 0 Å². The lowest BCUT2D eigenvalue weighted by molar-refractivity contribution is -0.140. The van der Waals surface area contributed by atoms with Gasteiger partial charge < -0.3 is 14.7 Å². The number of rotatable bonds is 6. The first kappa shape index (κ1) is 19.7. The quantitative estimate of drug-likeness (QED) is 0.465. The van der Waals surface area contributed by atoms with Crippen molar-refractivity contribution in [1.82, 2.24) is 4.90 Å². The summed E-state index contributed by atoms with van der Waals surface area (Å²) in [5, 5.41) is 10.9. The summed E-state index contributed by atoms with van der Waals surface area (Å²) in [6, 6.07) is 15.5. The van der Waals surface area contributed by atoms with Crippen LogP contribution in [0.4, 0.5) is 0 Å². The number of Topliss-reactive ketones (excluding diaryl/α,β-unsaturated/α-hetero) is 1. The van der Waals surface area contributed by atoms with E-state index < -0.39 is 17.7 Å². The van der Waals surface area contributed by atoms with Crippen molar-refractivity contribution < 1.29 is 19.4 Å². The van der Waals surface area contributed by atoms with Gasteiger partial charge in [0.05, 0.1) is 18.2 Å².